The molecular weight excluding hydrogens is 356 g/mol. The van der Waals surface area contributed by atoms with Crippen LogP contribution in [0, 0.1) is 5.41 Å². The van der Waals surface area contributed by atoms with Gasteiger partial charge in [-0.15, -0.1) is 0 Å². The Balaban J connectivity index is 1.37. The van der Waals surface area contributed by atoms with Gasteiger partial charge in [-0.25, -0.2) is 0 Å². The molecule has 142 valence electrons. The van der Waals surface area contributed by atoms with E-state index in [2.05, 4.69) is 14.9 Å². The first-order valence-corrected chi connectivity index (χ1v) is 9.70. The summed E-state index contributed by atoms with van der Waals surface area (Å²) in [5.74, 6) is 1.00. The Morgan fingerprint density at radius 1 is 1.27 bits per heavy atom. The Labute approximate surface area is 158 Å². The fourth-order valence-corrected chi connectivity index (χ4v) is 4.25. The monoisotopic (exact) mass is 380 g/mol. The minimum Gasteiger partial charge on any atom is -0.460 e. The molecule has 1 aromatic rings. The standard InChI is InChI=1S/C18H25ClN4O3/c1-13(24)22-6-4-18(5-7-22)11-23(12-18)16-10-15(19)20-17(21-16)26-14-2-8-25-9-3-14/h10,14H,2-9,11-12H2,1H3. The first-order valence-electron chi connectivity index (χ1n) is 9.32. The van der Waals surface area contributed by atoms with E-state index in [0.717, 1.165) is 57.7 Å². The van der Waals surface area contributed by atoms with Crippen molar-refractivity contribution >= 4 is 23.3 Å². The lowest BCUT2D eigenvalue weighted by Gasteiger charge is -2.54. The predicted molar refractivity (Wildman–Crippen MR) is 97.6 cm³/mol. The second-order valence-corrected chi connectivity index (χ2v) is 8.01. The van der Waals surface area contributed by atoms with Crippen molar-refractivity contribution in [3.63, 3.8) is 0 Å². The van der Waals surface area contributed by atoms with Crippen molar-refractivity contribution in [1.82, 2.24) is 14.9 Å². The van der Waals surface area contributed by atoms with Crippen LogP contribution in [0.15, 0.2) is 6.07 Å². The molecule has 3 aliphatic rings. The summed E-state index contributed by atoms with van der Waals surface area (Å²) < 4.78 is 11.3. The van der Waals surface area contributed by atoms with Gasteiger partial charge in [-0.1, -0.05) is 11.6 Å². The molecule has 0 radical (unpaired) electrons. The lowest BCUT2D eigenvalue weighted by Crippen LogP contribution is -2.61. The van der Waals surface area contributed by atoms with Gasteiger partial charge in [0.05, 0.1) is 13.2 Å². The molecule has 3 fully saturated rings. The quantitative estimate of drug-likeness (QED) is 0.748. The van der Waals surface area contributed by atoms with E-state index in [1.165, 1.54) is 0 Å². The number of carbonyl (C=O) groups is 1. The molecule has 0 N–H and O–H groups in total. The summed E-state index contributed by atoms with van der Waals surface area (Å²) in [4.78, 5) is 24.5. The van der Waals surface area contributed by atoms with Crippen LogP contribution in [0.5, 0.6) is 6.01 Å². The summed E-state index contributed by atoms with van der Waals surface area (Å²) in [6, 6.07) is 2.16. The fourth-order valence-electron chi connectivity index (χ4n) is 4.08. The molecule has 0 atom stereocenters. The molecular formula is C18H25ClN4O3. The zero-order chi connectivity index (χ0) is 18.1. The zero-order valence-electron chi connectivity index (χ0n) is 15.1. The smallest absolute Gasteiger partial charge is 0.320 e. The molecule has 1 amide bonds. The Kier molecular flexibility index (Phi) is 4.92. The number of nitrogens with zero attached hydrogens (tertiary/aromatic N) is 4. The van der Waals surface area contributed by atoms with Gasteiger partial charge in [0.1, 0.15) is 17.1 Å². The van der Waals surface area contributed by atoms with Crippen molar-refractivity contribution in [2.75, 3.05) is 44.3 Å². The van der Waals surface area contributed by atoms with Gasteiger partial charge >= 0.3 is 6.01 Å². The predicted octanol–water partition coefficient (Wildman–Crippen LogP) is 2.14. The summed E-state index contributed by atoms with van der Waals surface area (Å²) in [5.41, 5.74) is 0.297. The number of halogens is 1. The first-order chi connectivity index (χ1) is 12.5. The van der Waals surface area contributed by atoms with Crippen LogP contribution in [-0.4, -0.2) is 66.3 Å². The van der Waals surface area contributed by atoms with Crippen LogP contribution in [0.25, 0.3) is 0 Å². The lowest BCUT2D eigenvalue weighted by atomic mass is 9.72. The Morgan fingerprint density at radius 2 is 1.96 bits per heavy atom. The molecule has 0 aromatic carbocycles. The maximum Gasteiger partial charge on any atom is 0.320 e. The molecule has 4 rings (SSSR count). The second-order valence-electron chi connectivity index (χ2n) is 7.62. The molecule has 0 unspecified atom stereocenters. The van der Waals surface area contributed by atoms with Gasteiger partial charge in [-0.3, -0.25) is 4.79 Å². The van der Waals surface area contributed by atoms with E-state index >= 15 is 0 Å². The third kappa shape index (κ3) is 3.74. The van der Waals surface area contributed by atoms with Crippen molar-refractivity contribution in [3.05, 3.63) is 11.2 Å². The van der Waals surface area contributed by atoms with Gasteiger partial charge in [-0.2, -0.15) is 9.97 Å². The minimum absolute atomic E-state index is 0.0914. The van der Waals surface area contributed by atoms with Crippen LogP contribution in [0.3, 0.4) is 0 Å². The van der Waals surface area contributed by atoms with Crippen molar-refractivity contribution in [2.24, 2.45) is 5.41 Å². The number of aromatic nitrogens is 2. The largest absolute Gasteiger partial charge is 0.460 e. The minimum atomic E-state index is 0.0914. The SMILES string of the molecule is CC(=O)N1CCC2(CC1)CN(c1cc(Cl)nc(OC3CCOCC3)n1)C2. The number of carbonyl (C=O) groups excluding carboxylic acids is 1. The number of piperidine rings is 1. The highest BCUT2D eigenvalue weighted by Crippen LogP contribution is 2.42. The van der Waals surface area contributed by atoms with Crippen molar-refractivity contribution in [2.45, 2.75) is 38.7 Å². The summed E-state index contributed by atoms with van der Waals surface area (Å²) in [7, 11) is 0. The van der Waals surface area contributed by atoms with Gasteiger partial charge in [-0.05, 0) is 12.8 Å². The maximum absolute atomic E-state index is 11.5. The third-order valence-electron chi connectivity index (χ3n) is 5.75. The molecule has 3 saturated heterocycles. The van der Waals surface area contributed by atoms with Crippen LogP contribution in [-0.2, 0) is 9.53 Å². The molecule has 0 aliphatic carbocycles. The highest BCUT2D eigenvalue weighted by molar-refractivity contribution is 6.29. The molecule has 1 aromatic heterocycles. The number of hydrogen-bond acceptors (Lipinski definition) is 6. The summed E-state index contributed by atoms with van der Waals surface area (Å²) in [6.45, 7) is 6.67. The molecule has 0 bridgehead atoms. The third-order valence-corrected chi connectivity index (χ3v) is 5.94. The highest BCUT2D eigenvalue weighted by atomic mass is 35.5. The number of hydrogen-bond donors (Lipinski definition) is 0. The molecule has 1 spiro atoms. The molecule has 8 heteroatoms. The van der Waals surface area contributed by atoms with Crippen molar-refractivity contribution in [1.29, 1.82) is 0 Å². The molecule has 4 heterocycles. The van der Waals surface area contributed by atoms with Gasteiger partial charge < -0.3 is 19.3 Å². The number of ether oxygens (including phenoxy) is 2. The van der Waals surface area contributed by atoms with Crippen molar-refractivity contribution in [3.8, 4) is 6.01 Å². The van der Waals surface area contributed by atoms with E-state index in [0.29, 0.717) is 29.8 Å². The van der Waals surface area contributed by atoms with E-state index in [9.17, 15) is 4.79 Å². The highest BCUT2D eigenvalue weighted by Gasteiger charge is 2.45. The normalized spacial score (nSPS) is 23.0. The zero-order valence-corrected chi connectivity index (χ0v) is 15.9. The molecule has 3 aliphatic heterocycles. The molecule has 26 heavy (non-hydrogen) atoms. The Bertz CT molecular complexity index is 664. The molecule has 7 nitrogen and oxygen atoms in total. The summed E-state index contributed by atoms with van der Waals surface area (Å²) in [6.07, 6.45) is 3.89. The number of anilines is 1. The van der Waals surface area contributed by atoms with Gasteiger partial charge in [0.2, 0.25) is 5.91 Å². The second kappa shape index (κ2) is 7.19. The van der Waals surface area contributed by atoms with E-state index in [1.54, 1.807) is 13.0 Å². The van der Waals surface area contributed by atoms with E-state index in [1.807, 2.05) is 4.90 Å². The lowest BCUT2D eigenvalue weighted by molar-refractivity contribution is -0.131. The number of likely N-dealkylation sites (tertiary alicyclic amines) is 1. The van der Waals surface area contributed by atoms with Crippen LogP contribution in [0.2, 0.25) is 5.15 Å². The van der Waals surface area contributed by atoms with E-state index in [4.69, 9.17) is 21.1 Å². The van der Waals surface area contributed by atoms with Crippen LogP contribution < -0.4 is 9.64 Å². The van der Waals surface area contributed by atoms with Crippen molar-refractivity contribution < 1.29 is 14.3 Å². The maximum atomic E-state index is 11.5. The Morgan fingerprint density at radius 3 is 2.62 bits per heavy atom. The first kappa shape index (κ1) is 17.8. The van der Waals surface area contributed by atoms with Gasteiger partial charge in [0.25, 0.3) is 0 Å². The van der Waals surface area contributed by atoms with Gasteiger partial charge in [0.15, 0.2) is 0 Å². The van der Waals surface area contributed by atoms with E-state index in [-0.39, 0.29) is 12.0 Å². The summed E-state index contributed by atoms with van der Waals surface area (Å²) in [5, 5.41) is 0.407. The topological polar surface area (TPSA) is 67.8 Å². The Hall–Kier alpha value is -1.60. The summed E-state index contributed by atoms with van der Waals surface area (Å²) >= 11 is 6.20. The van der Waals surface area contributed by atoms with Gasteiger partial charge in [0, 0.05) is 57.4 Å². The van der Waals surface area contributed by atoms with Crippen LogP contribution in [0.1, 0.15) is 32.6 Å². The molecule has 0 saturated carbocycles. The number of rotatable bonds is 3. The number of amides is 1. The van der Waals surface area contributed by atoms with Crippen LogP contribution >= 0.6 is 11.6 Å². The fraction of sp³-hybridized carbons (Fsp3) is 0.722. The average Bonchev–Trinajstić information content (AvgIpc) is 2.60. The van der Waals surface area contributed by atoms with Crippen LogP contribution in [0.4, 0.5) is 5.82 Å². The van der Waals surface area contributed by atoms with E-state index < -0.39 is 0 Å². The average molecular weight is 381 g/mol.